The Hall–Kier alpha value is -1.99. The lowest BCUT2D eigenvalue weighted by Crippen LogP contribution is -2.03. The molecule has 0 fully saturated rings. The molecule has 0 aliphatic carbocycles. The van der Waals surface area contributed by atoms with Gasteiger partial charge in [0.15, 0.2) is 0 Å². The smallest absolute Gasteiger partial charge is 0.214 e. The van der Waals surface area contributed by atoms with E-state index in [2.05, 4.69) is 15.4 Å². The zero-order valence-electron chi connectivity index (χ0n) is 10.6. The first-order chi connectivity index (χ1) is 9.76. The van der Waals surface area contributed by atoms with Crippen molar-refractivity contribution in [2.45, 2.75) is 6.42 Å². The Morgan fingerprint density at radius 1 is 1.40 bits per heavy atom. The second-order valence-electron chi connectivity index (χ2n) is 4.27. The number of aliphatic hydroxyl groups is 1. The summed E-state index contributed by atoms with van der Waals surface area (Å²) in [5.74, 6) is -0.279. The minimum absolute atomic E-state index is 0.152. The quantitative estimate of drug-likeness (QED) is 0.709. The van der Waals surface area contributed by atoms with Crippen LogP contribution in [0.25, 0.3) is 16.2 Å². The molecule has 1 aromatic carbocycles. The van der Waals surface area contributed by atoms with Gasteiger partial charge in [-0.2, -0.15) is 0 Å². The van der Waals surface area contributed by atoms with Crippen molar-refractivity contribution in [1.29, 1.82) is 0 Å². The van der Waals surface area contributed by atoms with E-state index in [0.717, 1.165) is 15.7 Å². The van der Waals surface area contributed by atoms with Crippen LogP contribution in [0.15, 0.2) is 30.5 Å². The van der Waals surface area contributed by atoms with Gasteiger partial charge >= 0.3 is 0 Å². The summed E-state index contributed by atoms with van der Waals surface area (Å²) >= 11 is 1.42. The van der Waals surface area contributed by atoms with E-state index in [4.69, 9.17) is 5.11 Å². The summed E-state index contributed by atoms with van der Waals surface area (Å²) in [6, 6.07) is 6.33. The number of halogens is 1. The Morgan fingerprint density at radius 3 is 3.05 bits per heavy atom. The Labute approximate surface area is 118 Å². The molecule has 0 spiro atoms. The fraction of sp³-hybridized carbons (Fsp3) is 0.231. The number of benzene rings is 1. The number of rotatable bonds is 5. The largest absolute Gasteiger partial charge is 0.396 e. The van der Waals surface area contributed by atoms with Gasteiger partial charge in [0.1, 0.15) is 5.82 Å². The number of aliphatic hydroxyl groups excluding tert-OH is 1. The summed E-state index contributed by atoms with van der Waals surface area (Å²) < 4.78 is 14.9. The SMILES string of the molecule is OCCCNc1nn2cc(-c3cccc(F)c3)nc2s1. The number of imidazole rings is 1. The minimum atomic E-state index is -0.279. The topological polar surface area (TPSA) is 62.5 Å². The summed E-state index contributed by atoms with van der Waals surface area (Å²) in [7, 11) is 0. The zero-order chi connectivity index (χ0) is 13.9. The van der Waals surface area contributed by atoms with Gasteiger partial charge in [-0.15, -0.1) is 5.10 Å². The van der Waals surface area contributed by atoms with E-state index >= 15 is 0 Å². The van der Waals surface area contributed by atoms with Crippen LogP contribution in [-0.4, -0.2) is 32.9 Å². The number of nitrogens with one attached hydrogen (secondary N) is 1. The second-order valence-corrected chi connectivity index (χ2v) is 5.23. The minimum Gasteiger partial charge on any atom is -0.396 e. The summed E-state index contributed by atoms with van der Waals surface area (Å²) in [5.41, 5.74) is 1.43. The van der Waals surface area contributed by atoms with Crippen LogP contribution >= 0.6 is 11.3 Å². The summed E-state index contributed by atoms with van der Waals surface area (Å²) in [6.07, 6.45) is 2.45. The van der Waals surface area contributed by atoms with Crippen LogP contribution in [0.4, 0.5) is 9.52 Å². The number of fused-ring (bicyclic) bond motifs is 1. The van der Waals surface area contributed by atoms with Gasteiger partial charge in [0.25, 0.3) is 0 Å². The van der Waals surface area contributed by atoms with E-state index in [9.17, 15) is 4.39 Å². The summed E-state index contributed by atoms with van der Waals surface area (Å²) in [4.78, 5) is 5.18. The van der Waals surface area contributed by atoms with Crippen molar-refractivity contribution in [3.63, 3.8) is 0 Å². The summed E-state index contributed by atoms with van der Waals surface area (Å²) in [5, 5.41) is 16.9. The van der Waals surface area contributed by atoms with Crippen LogP contribution in [-0.2, 0) is 0 Å². The third-order valence-corrected chi connectivity index (χ3v) is 3.65. The third-order valence-electron chi connectivity index (χ3n) is 2.77. The van der Waals surface area contributed by atoms with Crippen molar-refractivity contribution >= 4 is 21.4 Å². The van der Waals surface area contributed by atoms with Crippen molar-refractivity contribution in [2.24, 2.45) is 0 Å². The lowest BCUT2D eigenvalue weighted by atomic mass is 10.2. The highest BCUT2D eigenvalue weighted by atomic mass is 32.1. The standard InChI is InChI=1S/C13H13FN4OS/c14-10-4-1-3-9(7-10)11-8-18-13(16-11)20-12(17-18)15-5-2-6-19/h1,3-4,7-8,19H,2,5-6H2,(H,15,17). The molecular formula is C13H13FN4OS. The van der Waals surface area contributed by atoms with Gasteiger partial charge in [-0.3, -0.25) is 0 Å². The second kappa shape index (κ2) is 5.56. The molecule has 0 aliphatic rings. The molecule has 2 N–H and O–H groups in total. The van der Waals surface area contributed by atoms with Crippen LogP contribution < -0.4 is 5.32 Å². The maximum absolute atomic E-state index is 13.2. The lowest BCUT2D eigenvalue weighted by Gasteiger charge is -1.98. The number of hydrogen-bond acceptors (Lipinski definition) is 5. The maximum Gasteiger partial charge on any atom is 0.214 e. The highest BCUT2D eigenvalue weighted by Gasteiger charge is 2.09. The number of anilines is 1. The first-order valence-electron chi connectivity index (χ1n) is 6.23. The van der Waals surface area contributed by atoms with Gasteiger partial charge < -0.3 is 10.4 Å². The van der Waals surface area contributed by atoms with Gasteiger partial charge in [-0.05, 0) is 18.6 Å². The van der Waals surface area contributed by atoms with E-state index in [1.807, 2.05) is 6.07 Å². The van der Waals surface area contributed by atoms with Crippen molar-refractivity contribution in [3.05, 3.63) is 36.3 Å². The Bertz CT molecular complexity index is 693. The summed E-state index contributed by atoms with van der Waals surface area (Å²) in [6.45, 7) is 0.823. The van der Waals surface area contributed by atoms with E-state index in [1.165, 1.54) is 23.5 Å². The lowest BCUT2D eigenvalue weighted by molar-refractivity contribution is 0.292. The molecule has 20 heavy (non-hydrogen) atoms. The normalized spacial score (nSPS) is 11.1. The molecule has 104 valence electrons. The van der Waals surface area contributed by atoms with Gasteiger partial charge in [0, 0.05) is 18.7 Å². The molecular weight excluding hydrogens is 279 g/mol. The molecule has 0 unspecified atom stereocenters. The Kier molecular flexibility index (Phi) is 3.62. The molecule has 0 saturated carbocycles. The average Bonchev–Trinajstić information content (AvgIpc) is 2.97. The van der Waals surface area contributed by atoms with Crippen molar-refractivity contribution in [3.8, 4) is 11.3 Å². The van der Waals surface area contributed by atoms with Crippen molar-refractivity contribution in [1.82, 2.24) is 14.6 Å². The molecule has 0 saturated heterocycles. The first kappa shape index (κ1) is 13.0. The van der Waals surface area contributed by atoms with Crippen molar-refractivity contribution < 1.29 is 9.50 Å². The molecule has 0 atom stereocenters. The molecule has 0 amide bonds. The van der Waals surface area contributed by atoms with Crippen LogP contribution in [0.5, 0.6) is 0 Å². The zero-order valence-corrected chi connectivity index (χ0v) is 11.4. The van der Waals surface area contributed by atoms with Crippen molar-refractivity contribution in [2.75, 3.05) is 18.5 Å². The van der Waals surface area contributed by atoms with E-state index < -0.39 is 0 Å². The molecule has 0 radical (unpaired) electrons. The molecule has 0 bridgehead atoms. The monoisotopic (exact) mass is 292 g/mol. The number of nitrogens with zero attached hydrogens (tertiary/aromatic N) is 3. The molecule has 7 heteroatoms. The van der Waals surface area contributed by atoms with Crippen LogP contribution in [0.3, 0.4) is 0 Å². The molecule has 3 aromatic rings. The van der Waals surface area contributed by atoms with Gasteiger partial charge in [0.05, 0.1) is 11.9 Å². The molecule has 2 heterocycles. The van der Waals surface area contributed by atoms with Gasteiger partial charge in [-0.1, -0.05) is 23.5 Å². The number of hydrogen-bond donors (Lipinski definition) is 2. The highest BCUT2D eigenvalue weighted by Crippen LogP contribution is 2.24. The van der Waals surface area contributed by atoms with E-state index in [0.29, 0.717) is 18.7 Å². The molecule has 3 rings (SSSR count). The first-order valence-corrected chi connectivity index (χ1v) is 7.05. The van der Waals surface area contributed by atoms with Gasteiger partial charge in [0.2, 0.25) is 10.1 Å². The fourth-order valence-corrected chi connectivity index (χ4v) is 2.64. The van der Waals surface area contributed by atoms with Crippen LogP contribution in [0, 0.1) is 5.82 Å². The molecule has 5 nitrogen and oxygen atoms in total. The number of aromatic nitrogens is 3. The predicted octanol–water partition coefficient (Wildman–Crippen LogP) is 2.39. The average molecular weight is 292 g/mol. The fourth-order valence-electron chi connectivity index (χ4n) is 1.83. The Balaban J connectivity index is 1.83. The molecule has 0 aliphatic heterocycles. The van der Waals surface area contributed by atoms with E-state index in [1.54, 1.807) is 16.8 Å². The molecule has 2 aromatic heterocycles. The Morgan fingerprint density at radius 2 is 2.30 bits per heavy atom. The predicted molar refractivity (Wildman–Crippen MR) is 76.5 cm³/mol. The van der Waals surface area contributed by atoms with Gasteiger partial charge in [-0.25, -0.2) is 13.9 Å². The highest BCUT2D eigenvalue weighted by molar-refractivity contribution is 7.20. The maximum atomic E-state index is 13.2. The van der Waals surface area contributed by atoms with Crippen LogP contribution in [0.1, 0.15) is 6.42 Å². The van der Waals surface area contributed by atoms with E-state index in [-0.39, 0.29) is 12.4 Å². The third kappa shape index (κ3) is 2.63. The van der Waals surface area contributed by atoms with Crippen LogP contribution in [0.2, 0.25) is 0 Å².